The molecule has 5 aliphatic rings. The predicted molar refractivity (Wildman–Crippen MR) is 485 cm³/mol. The van der Waals surface area contributed by atoms with Crippen LogP contribution in [0.1, 0.15) is 69.5 Å². The van der Waals surface area contributed by atoms with Crippen LogP contribution in [0.2, 0.25) is 0 Å². The molecule has 4 N–H and O–H groups in total. The Balaban J connectivity index is 0.00000804. The van der Waals surface area contributed by atoms with Crippen LogP contribution in [0.5, 0.6) is 0 Å². The molecule has 5 heterocycles. The molecule has 5 saturated heterocycles. The largest absolute Gasteiger partial charge is 1.00 e. The Morgan fingerprint density at radius 3 is 0.949 bits per heavy atom. The summed E-state index contributed by atoms with van der Waals surface area (Å²) in [5.74, 6) is -0.913. The van der Waals surface area contributed by atoms with Crippen LogP contribution >= 0.6 is 0 Å². The molecule has 0 bridgehead atoms. The minimum Gasteiger partial charge on any atom is -0.862 e. The van der Waals surface area contributed by atoms with Gasteiger partial charge in [-0.25, -0.2) is 12.6 Å². The van der Waals surface area contributed by atoms with Crippen molar-refractivity contribution in [2.24, 2.45) is 4.99 Å². The van der Waals surface area contributed by atoms with E-state index in [2.05, 4.69) is 4.18 Å². The zero-order valence-electron chi connectivity index (χ0n) is 76.8. The van der Waals surface area contributed by atoms with Gasteiger partial charge in [-0.3, -0.25) is 13.7 Å². The predicted octanol–water partition coefficient (Wildman–Crippen LogP) is 4.45. The van der Waals surface area contributed by atoms with Crippen LogP contribution in [0.4, 0.5) is 0 Å². The molecule has 726 valence electrons. The fourth-order valence-corrected chi connectivity index (χ4v) is 17.6. The molecule has 5 fully saturated rings. The topological polar surface area (TPSA) is 402 Å². The first-order chi connectivity index (χ1) is 66.1. The van der Waals surface area contributed by atoms with Crippen LogP contribution in [0.15, 0.2) is 308 Å². The van der Waals surface area contributed by atoms with Crippen LogP contribution in [-0.4, -0.2) is 227 Å². The van der Waals surface area contributed by atoms with Crippen LogP contribution < -0.4 is 64.2 Å². The summed E-state index contributed by atoms with van der Waals surface area (Å²) < 4.78 is 217. The SMILES string of the molecule is CC([O-])=N[C@H]1[C@H](O[C@H]2[C@@H](O)[C@@H](COCc3ccccc3)O[C@@H](O[C@H]3[C@H](OCc4ccccc4)[C@@H](OCc4ccccc4)[C@H](OCc4ccccc4)O[C@@H]3COCc3ccccc3)[C@@H]2OCc2ccccc2)O[C@H](COCc2ccccc2)[C@@H](O[C@@H]2O[C@H](COS(=O)(=O)[O-])[C@H](O)[C@H](OS(=O)(=O)O)[C@H]2O)[C@@H]1O[C@@H]1O[C@@H](C)[C@@H](OCc2ccccc2)[C@@H](OCc2ccccc2)[C@@H]1OCc1ccccc1.[Na+].[Na+]. The van der Waals surface area contributed by atoms with Crippen molar-refractivity contribution in [1.29, 1.82) is 0 Å². The summed E-state index contributed by atoms with van der Waals surface area (Å²) in [4.78, 5) is 4.80. The molecule has 5 aliphatic heterocycles. The number of aliphatic hydroxyl groups excluding tert-OH is 3. The van der Waals surface area contributed by atoms with Gasteiger partial charge in [-0.2, -0.15) is 8.42 Å². The first-order valence-electron chi connectivity index (χ1n) is 45.0. The van der Waals surface area contributed by atoms with Crippen molar-refractivity contribution >= 4 is 26.7 Å². The maximum atomic E-state index is 14.9. The Bertz CT molecular complexity index is 5420. The number of aliphatic hydroxyl groups is 3. The first kappa shape index (κ1) is 108. The van der Waals surface area contributed by atoms with E-state index in [1.54, 1.807) is 37.3 Å². The maximum Gasteiger partial charge on any atom is 1.00 e. The molecule has 0 aromatic heterocycles. The molecule has 10 aromatic rings. The van der Waals surface area contributed by atoms with E-state index in [-0.39, 0.29) is 138 Å². The number of hydrogen-bond donors (Lipinski definition) is 4. The molecule has 36 heteroatoms. The van der Waals surface area contributed by atoms with E-state index in [1.165, 1.54) is 0 Å². The molecular formula is C102H113NNa2O31S2. The molecule has 25 atom stereocenters. The zero-order valence-corrected chi connectivity index (χ0v) is 82.4. The van der Waals surface area contributed by atoms with E-state index in [4.69, 9.17) is 99.2 Å². The first-order valence-corrected chi connectivity index (χ1v) is 47.7. The van der Waals surface area contributed by atoms with Gasteiger partial charge in [0.05, 0.1) is 98.6 Å². The third kappa shape index (κ3) is 31.8. The second-order valence-corrected chi connectivity index (χ2v) is 35.5. The summed E-state index contributed by atoms with van der Waals surface area (Å²) in [6.45, 7) is -0.0696. The van der Waals surface area contributed by atoms with Crippen molar-refractivity contribution in [2.75, 3.05) is 26.4 Å². The fraction of sp³-hybridized carbons (Fsp3) is 0.402. The molecule has 138 heavy (non-hydrogen) atoms. The molecule has 0 spiro atoms. The second-order valence-electron chi connectivity index (χ2n) is 33.4. The maximum absolute atomic E-state index is 14.9. The van der Waals surface area contributed by atoms with Gasteiger partial charge in [-0.05, 0) is 75.4 Å². The Hall–Kier alpha value is -7.47. The van der Waals surface area contributed by atoms with Gasteiger partial charge in [-0.15, -0.1) is 0 Å². The summed E-state index contributed by atoms with van der Waals surface area (Å²) in [5, 5.41) is 53.2. The van der Waals surface area contributed by atoms with Gasteiger partial charge in [0.15, 0.2) is 31.5 Å². The summed E-state index contributed by atoms with van der Waals surface area (Å²) in [6.07, 6.45) is -40.7. The molecule has 0 unspecified atom stereocenters. The number of hydrogen-bond acceptors (Lipinski definition) is 31. The molecule has 0 radical (unpaired) electrons. The van der Waals surface area contributed by atoms with Crippen LogP contribution in [-0.2, 0) is 185 Å². The fourth-order valence-electron chi connectivity index (χ4n) is 16.8. The minimum atomic E-state index is -5.68. The van der Waals surface area contributed by atoms with E-state index < -0.39 is 193 Å². The Morgan fingerprint density at radius 2 is 0.572 bits per heavy atom. The van der Waals surface area contributed by atoms with Gasteiger partial charge in [0.2, 0.25) is 10.4 Å². The van der Waals surface area contributed by atoms with E-state index in [1.807, 2.05) is 273 Å². The standard InChI is InChI=1S/C102H115NO31S2.2Na/c1-67-87(117-56-72-39-19-6-20-40-72)93(118-57-73-41-21-7-22-42-73)97(122-61-77-49-29-11-30-50-77)101(125-67)132-90-83(103-68(2)104)98(128-81(64-115-54-70-35-15-4-16-36-70)88(90)130-99-86(107)91(134-136(111,112)113)84(105)80(126-99)66-124-135(108,109)110)133-92-85(106)79(63-114-53-69-33-13-3-14-34-69)127-102(95(92)120-59-75-45-25-9-26-46-75)131-89-82(65-116-55-71-37-17-5-18-38-71)129-100(123-62-78-51-31-12-32-52-78)96(121-60-76-47-27-10-28-48-76)94(89)119-58-74-43-23-8-24-44-74;;/h3-52,67,79-102,105-107H,53-66H2,1-2H3,(H,103,104)(H,108,109,110)(H,111,112,113);;/q;2*+1/p-2/t67-,79+,80+,81+,82+,83+,84-,85-,86+,87+,88+,89+,90+,91-,92-,93+,94-,95+,96+,97-,98-,99-,100+,101-,102-;;/m0../s1. The summed E-state index contributed by atoms with van der Waals surface area (Å²) in [6, 6.07) is 91.3. The third-order valence-electron chi connectivity index (χ3n) is 23.4. The van der Waals surface area contributed by atoms with Gasteiger partial charge in [-0.1, -0.05) is 303 Å². The van der Waals surface area contributed by atoms with E-state index in [0.29, 0.717) is 16.7 Å². The summed E-state index contributed by atoms with van der Waals surface area (Å²) in [5.41, 5.74) is 7.44. The normalized spacial score (nSPS) is 28.5. The number of ether oxygens (including phenoxy) is 19. The molecule has 0 amide bonds. The molecule has 0 saturated carbocycles. The average Bonchev–Trinajstić information content (AvgIpc) is 0.762. The molecule has 32 nitrogen and oxygen atoms in total. The van der Waals surface area contributed by atoms with Gasteiger partial charge >= 0.3 is 69.5 Å². The van der Waals surface area contributed by atoms with Crippen molar-refractivity contribution in [1.82, 2.24) is 0 Å². The van der Waals surface area contributed by atoms with Crippen LogP contribution in [0, 0.1) is 0 Å². The van der Waals surface area contributed by atoms with E-state index >= 15 is 0 Å². The molecule has 10 aromatic carbocycles. The van der Waals surface area contributed by atoms with Gasteiger partial charge < -0.3 is 115 Å². The van der Waals surface area contributed by atoms with Crippen LogP contribution in [0.3, 0.4) is 0 Å². The monoisotopic (exact) mass is 1960 g/mol. The number of rotatable bonds is 47. The second kappa shape index (κ2) is 54.3. The Morgan fingerprint density at radius 1 is 0.304 bits per heavy atom. The van der Waals surface area contributed by atoms with E-state index in [9.17, 15) is 46.4 Å². The Kier molecular flexibility index (Phi) is 42.4. The van der Waals surface area contributed by atoms with E-state index in [0.717, 1.165) is 45.9 Å². The zero-order chi connectivity index (χ0) is 94.6. The smallest absolute Gasteiger partial charge is 0.862 e. The Labute approximate surface area is 847 Å². The summed E-state index contributed by atoms with van der Waals surface area (Å²) >= 11 is 0. The molecule has 15 rings (SSSR count). The van der Waals surface area contributed by atoms with Crippen LogP contribution in [0.25, 0.3) is 0 Å². The quantitative estimate of drug-likeness (QED) is 0.0134. The van der Waals surface area contributed by atoms with Crippen molar-refractivity contribution in [3.05, 3.63) is 359 Å². The third-order valence-corrected chi connectivity index (χ3v) is 24.3. The number of benzene rings is 10. The summed E-state index contributed by atoms with van der Waals surface area (Å²) in [7, 11) is -11.3. The van der Waals surface area contributed by atoms with Gasteiger partial charge in [0, 0.05) is 0 Å². The number of aliphatic imine (C=N–C) groups is 1. The molecular weight excluding hydrogens is 1850 g/mol. The van der Waals surface area contributed by atoms with Crippen molar-refractivity contribution in [2.45, 2.75) is 233 Å². The average molecular weight is 1960 g/mol. The molecule has 0 aliphatic carbocycles. The minimum absolute atomic E-state index is 0. The van der Waals surface area contributed by atoms with Crippen molar-refractivity contribution < 1.29 is 204 Å². The number of nitrogens with zero attached hydrogens (tertiary/aromatic N) is 1. The van der Waals surface area contributed by atoms with Crippen molar-refractivity contribution in [3.8, 4) is 0 Å². The van der Waals surface area contributed by atoms with Gasteiger partial charge in [0.25, 0.3) is 0 Å². The van der Waals surface area contributed by atoms with Gasteiger partial charge in [0.1, 0.15) is 116 Å². The van der Waals surface area contributed by atoms with Crippen molar-refractivity contribution in [3.63, 3.8) is 0 Å².